The van der Waals surface area contributed by atoms with Crippen LogP contribution in [-0.4, -0.2) is 20.6 Å². The third kappa shape index (κ3) is 2.89. The summed E-state index contributed by atoms with van der Waals surface area (Å²) in [5.74, 6) is 0.505. The summed E-state index contributed by atoms with van der Waals surface area (Å²) >= 11 is 0. The van der Waals surface area contributed by atoms with Crippen molar-refractivity contribution >= 4 is 22.6 Å². The van der Waals surface area contributed by atoms with Gasteiger partial charge in [0.25, 0.3) is 5.56 Å². The molecule has 2 aromatic carbocycles. The fourth-order valence-corrected chi connectivity index (χ4v) is 5.59. The van der Waals surface area contributed by atoms with Crippen LogP contribution in [0.4, 0.5) is 5.69 Å². The van der Waals surface area contributed by atoms with E-state index in [0.29, 0.717) is 17.0 Å². The molecular formula is C26H27N3O3. The zero-order valence-corrected chi connectivity index (χ0v) is 18.2. The van der Waals surface area contributed by atoms with Crippen LogP contribution in [0.5, 0.6) is 0 Å². The van der Waals surface area contributed by atoms with Crippen molar-refractivity contribution in [3.63, 3.8) is 0 Å². The number of hydrogen-bond acceptors (Lipinski definition) is 4. The Kier molecular flexibility index (Phi) is 4.23. The van der Waals surface area contributed by atoms with Crippen molar-refractivity contribution in [1.82, 2.24) is 9.55 Å². The van der Waals surface area contributed by atoms with Gasteiger partial charge in [0.15, 0.2) is 0 Å². The number of aromatic carboxylic acids is 1. The Morgan fingerprint density at radius 3 is 2.69 bits per heavy atom. The van der Waals surface area contributed by atoms with Crippen molar-refractivity contribution in [2.45, 2.75) is 69.4 Å². The fraction of sp³-hybridized carbons (Fsp3) is 0.423. The minimum atomic E-state index is -0.960. The molecule has 0 unspecified atom stereocenters. The van der Waals surface area contributed by atoms with Gasteiger partial charge in [-0.3, -0.25) is 9.36 Å². The molecule has 2 heterocycles. The Hall–Kier alpha value is -3.15. The predicted octanol–water partition coefficient (Wildman–Crippen LogP) is 4.97. The van der Waals surface area contributed by atoms with E-state index in [9.17, 15) is 14.7 Å². The monoisotopic (exact) mass is 429 g/mol. The van der Waals surface area contributed by atoms with E-state index in [-0.39, 0.29) is 22.6 Å². The lowest BCUT2D eigenvalue weighted by atomic mass is 9.67. The molecule has 1 spiro atoms. The van der Waals surface area contributed by atoms with Crippen LogP contribution in [0.1, 0.15) is 84.7 Å². The second-order valence-electron chi connectivity index (χ2n) is 9.77. The minimum Gasteiger partial charge on any atom is -0.478 e. The van der Waals surface area contributed by atoms with Crippen molar-refractivity contribution in [1.29, 1.82) is 0 Å². The number of rotatable bonds is 5. The molecule has 0 amide bonds. The van der Waals surface area contributed by atoms with Gasteiger partial charge in [0.2, 0.25) is 0 Å². The van der Waals surface area contributed by atoms with Crippen LogP contribution in [0.2, 0.25) is 0 Å². The van der Waals surface area contributed by atoms with Crippen LogP contribution < -0.4 is 10.9 Å². The number of fused-ring (bicyclic) bond motifs is 3. The number of carboxylic acids is 1. The number of hydrogen-bond donors (Lipinski definition) is 2. The van der Waals surface area contributed by atoms with Gasteiger partial charge in [0, 0.05) is 23.2 Å². The van der Waals surface area contributed by atoms with Crippen LogP contribution in [0.15, 0.2) is 41.2 Å². The normalized spacial score (nSPS) is 19.5. The maximum Gasteiger partial charge on any atom is 0.337 e. The summed E-state index contributed by atoms with van der Waals surface area (Å²) < 4.78 is 1.92. The number of benzene rings is 2. The minimum absolute atomic E-state index is 0.0758. The van der Waals surface area contributed by atoms with E-state index in [1.807, 2.05) is 17.6 Å². The Morgan fingerprint density at radius 1 is 1.22 bits per heavy atom. The van der Waals surface area contributed by atoms with Gasteiger partial charge in [0.1, 0.15) is 5.82 Å². The largest absolute Gasteiger partial charge is 0.478 e. The molecule has 6 nitrogen and oxygen atoms in total. The topological polar surface area (TPSA) is 84.2 Å². The van der Waals surface area contributed by atoms with Crippen LogP contribution in [-0.2, 0) is 12.0 Å². The lowest BCUT2D eigenvalue weighted by Crippen LogP contribution is -2.34. The van der Waals surface area contributed by atoms with Crippen LogP contribution in [0.25, 0.3) is 10.9 Å². The second kappa shape index (κ2) is 6.92. The molecule has 2 saturated carbocycles. The molecule has 3 aliphatic rings. The highest BCUT2D eigenvalue weighted by molar-refractivity contribution is 5.94. The highest BCUT2D eigenvalue weighted by Gasteiger charge is 2.46. The third-order valence-electron chi connectivity index (χ3n) is 7.75. The Labute approximate surface area is 186 Å². The van der Waals surface area contributed by atoms with Gasteiger partial charge in [-0.05, 0) is 68.7 Å². The van der Waals surface area contributed by atoms with Gasteiger partial charge in [-0.1, -0.05) is 24.6 Å². The summed E-state index contributed by atoms with van der Waals surface area (Å²) in [6.45, 7) is 2.79. The van der Waals surface area contributed by atoms with E-state index in [1.54, 1.807) is 18.2 Å². The third-order valence-corrected chi connectivity index (χ3v) is 7.75. The smallest absolute Gasteiger partial charge is 0.337 e. The summed E-state index contributed by atoms with van der Waals surface area (Å²) in [6.07, 6.45) is 6.73. The van der Waals surface area contributed by atoms with E-state index < -0.39 is 5.97 Å². The molecule has 2 N–H and O–H groups in total. The summed E-state index contributed by atoms with van der Waals surface area (Å²) in [5.41, 5.74) is 3.92. The number of carboxylic acid groups (broad SMARTS) is 1. The van der Waals surface area contributed by atoms with E-state index >= 15 is 0 Å². The Morgan fingerprint density at radius 2 is 2.00 bits per heavy atom. The first-order valence-electron chi connectivity index (χ1n) is 11.6. The molecular weight excluding hydrogens is 402 g/mol. The number of anilines is 1. The van der Waals surface area contributed by atoms with Gasteiger partial charge in [-0.25, -0.2) is 9.78 Å². The maximum absolute atomic E-state index is 13.5. The molecule has 164 valence electrons. The highest BCUT2D eigenvalue weighted by atomic mass is 16.4. The molecule has 3 aromatic rings. The summed E-state index contributed by atoms with van der Waals surface area (Å²) in [6, 6.07) is 11.0. The molecule has 0 radical (unpaired) electrons. The zero-order chi connectivity index (χ0) is 22.0. The molecule has 32 heavy (non-hydrogen) atoms. The van der Waals surface area contributed by atoms with E-state index in [0.717, 1.165) is 55.6 Å². The molecule has 2 aliphatic carbocycles. The van der Waals surface area contributed by atoms with E-state index in [4.69, 9.17) is 4.98 Å². The van der Waals surface area contributed by atoms with Crippen LogP contribution in [0.3, 0.4) is 0 Å². The van der Waals surface area contributed by atoms with Gasteiger partial charge in [-0.2, -0.15) is 0 Å². The van der Waals surface area contributed by atoms with E-state index in [2.05, 4.69) is 17.4 Å². The Balaban J connectivity index is 1.51. The number of aromatic nitrogens is 2. The molecule has 0 bridgehead atoms. The molecule has 6 rings (SSSR count). The number of carbonyl (C=O) groups is 1. The molecule has 0 saturated heterocycles. The van der Waals surface area contributed by atoms with Gasteiger partial charge in [-0.15, -0.1) is 0 Å². The van der Waals surface area contributed by atoms with Crippen molar-refractivity contribution in [2.24, 2.45) is 0 Å². The average molecular weight is 430 g/mol. The molecule has 1 atom stereocenters. The average Bonchev–Trinajstić information content (AvgIpc) is 3.53. The molecule has 1 aromatic heterocycles. The first kappa shape index (κ1) is 19.5. The van der Waals surface area contributed by atoms with Crippen LogP contribution in [0, 0.1) is 0 Å². The Bertz CT molecular complexity index is 1320. The first-order chi connectivity index (χ1) is 15.5. The summed E-state index contributed by atoms with van der Waals surface area (Å²) in [5, 5.41) is 13.7. The zero-order valence-electron chi connectivity index (χ0n) is 18.2. The van der Waals surface area contributed by atoms with E-state index in [1.165, 1.54) is 12.0 Å². The van der Waals surface area contributed by atoms with Crippen molar-refractivity contribution in [2.75, 3.05) is 5.32 Å². The van der Waals surface area contributed by atoms with Crippen LogP contribution >= 0.6 is 0 Å². The van der Waals surface area contributed by atoms with Crippen molar-refractivity contribution in [3.8, 4) is 0 Å². The predicted molar refractivity (Wildman–Crippen MR) is 124 cm³/mol. The standard InChI is InChI=1S/C26H27N3O3/c1-15(27-21-6-3-2-5-18(21)24(31)32)19-13-17(16-7-8-16)14-20-22(19)28-25-26(9-4-10-26)11-12-29(25)23(20)30/h2-3,5-6,13-16,27H,4,7-12H2,1H3,(H,31,32)/t15-/m1/s1. The highest BCUT2D eigenvalue weighted by Crippen LogP contribution is 2.49. The molecule has 1 aliphatic heterocycles. The quantitative estimate of drug-likeness (QED) is 0.598. The number of nitrogens with zero attached hydrogens (tertiary/aromatic N) is 2. The lowest BCUT2D eigenvalue weighted by Gasteiger charge is -2.37. The number of nitrogens with one attached hydrogen (secondary N) is 1. The number of para-hydroxylation sites is 1. The SMILES string of the molecule is C[C@@H](Nc1ccccc1C(=O)O)c1cc(C2CC2)cc2c(=O)n3c(nc12)C1(CCC1)CC3. The first-order valence-corrected chi connectivity index (χ1v) is 11.6. The molecule has 2 fully saturated rings. The van der Waals surface area contributed by atoms with Gasteiger partial charge >= 0.3 is 5.97 Å². The summed E-state index contributed by atoms with van der Waals surface area (Å²) in [7, 11) is 0. The molecule has 6 heteroatoms. The lowest BCUT2D eigenvalue weighted by molar-refractivity contribution is 0.0698. The maximum atomic E-state index is 13.5. The summed E-state index contributed by atoms with van der Waals surface area (Å²) in [4.78, 5) is 30.4. The second-order valence-corrected chi connectivity index (χ2v) is 9.77. The van der Waals surface area contributed by atoms with Gasteiger partial charge in [0.05, 0.1) is 22.5 Å². The van der Waals surface area contributed by atoms with Gasteiger partial charge < -0.3 is 10.4 Å². The van der Waals surface area contributed by atoms with Crippen molar-refractivity contribution < 1.29 is 9.90 Å². The van der Waals surface area contributed by atoms with Crippen molar-refractivity contribution in [3.05, 3.63) is 69.3 Å². The fourth-order valence-electron chi connectivity index (χ4n) is 5.59.